The van der Waals surface area contributed by atoms with Gasteiger partial charge in [0, 0.05) is 24.8 Å². The summed E-state index contributed by atoms with van der Waals surface area (Å²) in [4.78, 5) is 20.2. The fourth-order valence-electron chi connectivity index (χ4n) is 3.27. The van der Waals surface area contributed by atoms with Crippen LogP contribution >= 0.6 is 11.6 Å². The van der Waals surface area contributed by atoms with Crippen molar-refractivity contribution in [2.45, 2.75) is 37.5 Å². The van der Waals surface area contributed by atoms with Crippen molar-refractivity contribution in [3.8, 4) is 5.75 Å². The summed E-state index contributed by atoms with van der Waals surface area (Å²) in [5.74, 6) is -0.499. The van der Waals surface area contributed by atoms with Crippen LogP contribution < -0.4 is 15.8 Å². The summed E-state index contributed by atoms with van der Waals surface area (Å²) in [6, 6.07) is 4.54. The first-order valence-corrected chi connectivity index (χ1v) is 11.4. The van der Waals surface area contributed by atoms with Crippen LogP contribution in [0.2, 0.25) is 5.15 Å². The molecular formula is C19H24ClN5O4S. The topological polar surface area (TPSA) is 128 Å². The molecule has 11 heteroatoms. The second kappa shape index (κ2) is 9.15. The Morgan fingerprint density at radius 1 is 1.27 bits per heavy atom. The molecule has 1 fully saturated rings. The number of nitrogens with two attached hydrogens (primary N) is 1. The van der Waals surface area contributed by atoms with Gasteiger partial charge < -0.3 is 15.8 Å². The fraction of sp³-hybridized carbons (Fsp3) is 0.421. The summed E-state index contributed by atoms with van der Waals surface area (Å²) in [6.07, 6.45) is 3.19. The number of amides is 1. The van der Waals surface area contributed by atoms with Gasteiger partial charge >= 0.3 is 0 Å². The van der Waals surface area contributed by atoms with E-state index in [1.807, 2.05) is 6.92 Å². The molecule has 9 nitrogen and oxygen atoms in total. The zero-order valence-corrected chi connectivity index (χ0v) is 18.4. The molecule has 0 unspecified atom stereocenters. The highest BCUT2D eigenvalue weighted by molar-refractivity contribution is 7.89. The Morgan fingerprint density at radius 2 is 1.97 bits per heavy atom. The number of hydrogen-bond acceptors (Lipinski definition) is 7. The lowest BCUT2D eigenvalue weighted by atomic mass is 10.2. The van der Waals surface area contributed by atoms with E-state index in [4.69, 9.17) is 22.1 Å². The molecular weight excluding hydrogens is 430 g/mol. The van der Waals surface area contributed by atoms with Crippen molar-refractivity contribution in [2.24, 2.45) is 5.73 Å². The normalized spacial score (nSPS) is 15.0. The number of carbonyl (C=O) groups excluding carboxylic acids is 1. The van der Waals surface area contributed by atoms with E-state index in [0.29, 0.717) is 30.9 Å². The average molecular weight is 454 g/mol. The predicted molar refractivity (Wildman–Crippen MR) is 114 cm³/mol. The zero-order valence-electron chi connectivity index (χ0n) is 16.8. The molecule has 1 saturated heterocycles. The number of halogens is 1. The summed E-state index contributed by atoms with van der Waals surface area (Å²) in [5, 5.41) is 3.09. The molecule has 1 aliphatic heterocycles. The maximum absolute atomic E-state index is 13.0. The van der Waals surface area contributed by atoms with Gasteiger partial charge in [0.25, 0.3) is 5.91 Å². The smallest absolute Gasteiger partial charge is 0.271 e. The second-order valence-electron chi connectivity index (χ2n) is 6.83. The van der Waals surface area contributed by atoms with Crippen molar-refractivity contribution in [3.63, 3.8) is 0 Å². The van der Waals surface area contributed by atoms with Crippen molar-refractivity contribution in [3.05, 3.63) is 34.7 Å². The number of nitrogens with one attached hydrogen (secondary N) is 1. The largest absolute Gasteiger partial charge is 0.495 e. The number of anilines is 2. The maximum atomic E-state index is 13.0. The van der Waals surface area contributed by atoms with Gasteiger partial charge in [-0.1, -0.05) is 24.9 Å². The van der Waals surface area contributed by atoms with Gasteiger partial charge in [0.15, 0.2) is 16.7 Å². The van der Waals surface area contributed by atoms with Crippen LogP contribution in [-0.4, -0.2) is 48.8 Å². The summed E-state index contributed by atoms with van der Waals surface area (Å²) in [6.45, 7) is 2.82. The fourth-order valence-corrected chi connectivity index (χ4v) is 5.19. The van der Waals surface area contributed by atoms with Gasteiger partial charge in [-0.2, -0.15) is 4.31 Å². The van der Waals surface area contributed by atoms with Gasteiger partial charge in [0.05, 0.1) is 12.8 Å². The molecule has 2 heterocycles. The number of piperidine rings is 1. The highest BCUT2D eigenvalue weighted by Gasteiger charge is 2.29. The van der Waals surface area contributed by atoms with Crippen LogP contribution in [-0.2, 0) is 16.4 Å². The van der Waals surface area contributed by atoms with Crippen LogP contribution in [0.15, 0.2) is 23.1 Å². The molecule has 162 valence electrons. The number of primary amides is 1. The third-order valence-corrected chi connectivity index (χ3v) is 7.09. The quantitative estimate of drug-likeness (QED) is 0.659. The highest BCUT2D eigenvalue weighted by atomic mass is 35.5. The van der Waals surface area contributed by atoms with Crippen LogP contribution in [0.3, 0.4) is 0 Å². The van der Waals surface area contributed by atoms with Gasteiger partial charge in [-0.25, -0.2) is 18.4 Å². The molecule has 1 aliphatic rings. The molecule has 1 amide bonds. The standard InChI is InChI=1S/C19H24ClN5O4S/c1-3-13-17(20)24-19(16(23-13)18(21)26)22-12-7-8-15(14(11-12)29-2)30(27,28)25-9-5-4-6-10-25/h7-8,11H,3-6,9-10H2,1-2H3,(H2,21,26)(H,22,24). The number of hydrogen-bond donors (Lipinski definition) is 2. The van der Waals surface area contributed by atoms with Crippen LogP contribution in [0.5, 0.6) is 5.75 Å². The Bertz CT molecular complexity index is 1060. The summed E-state index contributed by atoms with van der Waals surface area (Å²) in [7, 11) is -2.28. The second-order valence-corrected chi connectivity index (χ2v) is 9.10. The monoisotopic (exact) mass is 453 g/mol. The van der Waals surface area contributed by atoms with Crippen LogP contribution in [0.25, 0.3) is 0 Å². The molecule has 3 N–H and O–H groups in total. The molecule has 0 radical (unpaired) electrons. The van der Waals surface area contributed by atoms with Crippen molar-refractivity contribution in [1.29, 1.82) is 0 Å². The number of methoxy groups -OCH3 is 1. The molecule has 0 aliphatic carbocycles. The first-order chi connectivity index (χ1) is 14.3. The van der Waals surface area contributed by atoms with Gasteiger partial charge in [-0.05, 0) is 31.4 Å². The Labute approximate surface area is 180 Å². The minimum Gasteiger partial charge on any atom is -0.495 e. The molecule has 0 spiro atoms. The molecule has 3 rings (SSSR count). The maximum Gasteiger partial charge on any atom is 0.271 e. The molecule has 0 saturated carbocycles. The number of carbonyl (C=O) groups is 1. The van der Waals surface area contributed by atoms with Gasteiger partial charge in [-0.3, -0.25) is 4.79 Å². The minimum atomic E-state index is -3.67. The molecule has 1 aromatic heterocycles. The summed E-state index contributed by atoms with van der Waals surface area (Å²) < 4.78 is 32.9. The van der Waals surface area contributed by atoms with E-state index in [1.165, 1.54) is 23.5 Å². The molecule has 1 aromatic carbocycles. The molecule has 30 heavy (non-hydrogen) atoms. The van der Waals surface area contributed by atoms with Crippen LogP contribution in [0, 0.1) is 0 Å². The third-order valence-electron chi connectivity index (χ3n) is 4.85. The van der Waals surface area contributed by atoms with Gasteiger partial charge in [-0.15, -0.1) is 0 Å². The van der Waals surface area contributed by atoms with Crippen LogP contribution in [0.1, 0.15) is 42.4 Å². The van der Waals surface area contributed by atoms with E-state index in [2.05, 4.69) is 15.3 Å². The number of nitrogens with zero attached hydrogens (tertiary/aromatic N) is 3. The van der Waals surface area contributed by atoms with Crippen molar-refractivity contribution < 1.29 is 17.9 Å². The van der Waals surface area contributed by atoms with E-state index in [1.54, 1.807) is 6.07 Å². The average Bonchev–Trinajstić information content (AvgIpc) is 2.74. The lowest BCUT2D eigenvalue weighted by Crippen LogP contribution is -2.35. The van der Waals surface area contributed by atoms with Crippen LogP contribution in [0.4, 0.5) is 11.5 Å². The lowest BCUT2D eigenvalue weighted by molar-refractivity contribution is 0.0996. The Kier molecular flexibility index (Phi) is 6.79. The number of benzene rings is 1. The SMILES string of the molecule is CCc1nc(C(N)=O)c(Nc2ccc(S(=O)(=O)N3CCCCC3)c(OC)c2)nc1Cl. The molecule has 2 aromatic rings. The van der Waals surface area contributed by atoms with Gasteiger partial charge in [0.2, 0.25) is 10.0 Å². The Morgan fingerprint density at radius 3 is 2.57 bits per heavy atom. The summed E-state index contributed by atoms with van der Waals surface area (Å²) in [5.41, 5.74) is 6.27. The van der Waals surface area contributed by atoms with Gasteiger partial charge in [0.1, 0.15) is 10.6 Å². The number of sulfonamides is 1. The number of aryl methyl sites for hydroxylation is 1. The first-order valence-electron chi connectivity index (χ1n) is 9.59. The number of ether oxygens (including phenoxy) is 1. The lowest BCUT2D eigenvalue weighted by Gasteiger charge is -2.26. The van der Waals surface area contributed by atoms with E-state index < -0.39 is 15.9 Å². The van der Waals surface area contributed by atoms with E-state index in [9.17, 15) is 13.2 Å². The first kappa shape index (κ1) is 22.3. The van der Waals surface area contributed by atoms with E-state index in [0.717, 1.165) is 19.3 Å². The highest BCUT2D eigenvalue weighted by Crippen LogP contribution is 2.32. The van der Waals surface area contributed by atoms with E-state index >= 15 is 0 Å². The zero-order chi connectivity index (χ0) is 21.9. The van der Waals surface area contributed by atoms with E-state index in [-0.39, 0.29) is 27.3 Å². The van der Waals surface area contributed by atoms with Crippen molar-refractivity contribution >= 4 is 39.0 Å². The minimum absolute atomic E-state index is 0.0553. The third kappa shape index (κ3) is 4.50. The van der Waals surface area contributed by atoms with Crippen molar-refractivity contribution in [2.75, 3.05) is 25.5 Å². The Hall–Kier alpha value is -2.43. The predicted octanol–water partition coefficient (Wildman–Crippen LogP) is 2.72. The molecule has 0 atom stereocenters. The van der Waals surface area contributed by atoms with Crippen molar-refractivity contribution in [1.82, 2.24) is 14.3 Å². The number of rotatable bonds is 7. The summed E-state index contributed by atoms with van der Waals surface area (Å²) >= 11 is 6.13. The number of aromatic nitrogens is 2. The Balaban J connectivity index is 1.96. The molecule has 0 bridgehead atoms.